The first-order valence-corrected chi connectivity index (χ1v) is 7.43. The average molecular weight is 343 g/mol. The Morgan fingerprint density at radius 2 is 2.00 bits per heavy atom. The van der Waals surface area contributed by atoms with Crippen molar-refractivity contribution in [2.75, 3.05) is 25.5 Å². The SMILES string of the molecule is COC(=O)N1CCC[C@@H](NC(=O)Nc2ccc(OC(F)F)cc2)C1. The normalized spacial score (nSPS) is 17.3. The Morgan fingerprint density at radius 1 is 1.29 bits per heavy atom. The van der Waals surface area contributed by atoms with E-state index in [2.05, 4.69) is 20.1 Å². The molecule has 2 N–H and O–H groups in total. The molecule has 1 aliphatic heterocycles. The number of alkyl halides is 2. The van der Waals surface area contributed by atoms with Gasteiger partial charge in [0.25, 0.3) is 0 Å². The topological polar surface area (TPSA) is 79.9 Å². The van der Waals surface area contributed by atoms with Crippen LogP contribution in [0, 0.1) is 0 Å². The summed E-state index contributed by atoms with van der Waals surface area (Å²) < 4.78 is 33.0. The second-order valence-electron chi connectivity index (χ2n) is 5.26. The number of urea groups is 1. The minimum Gasteiger partial charge on any atom is -0.453 e. The van der Waals surface area contributed by atoms with Gasteiger partial charge in [-0.3, -0.25) is 0 Å². The van der Waals surface area contributed by atoms with E-state index in [-0.39, 0.29) is 11.8 Å². The Labute approximate surface area is 137 Å². The Morgan fingerprint density at radius 3 is 2.62 bits per heavy atom. The molecule has 0 aromatic heterocycles. The number of halogens is 2. The minimum absolute atomic E-state index is 0.0111. The van der Waals surface area contributed by atoms with Gasteiger partial charge in [0.05, 0.1) is 7.11 Å². The maximum absolute atomic E-state index is 12.1. The molecule has 3 amide bonds. The fraction of sp³-hybridized carbons (Fsp3) is 0.467. The van der Waals surface area contributed by atoms with Crippen molar-refractivity contribution < 1.29 is 27.8 Å². The van der Waals surface area contributed by atoms with Crippen LogP contribution in [-0.4, -0.2) is 49.9 Å². The minimum atomic E-state index is -2.89. The van der Waals surface area contributed by atoms with Gasteiger partial charge in [-0.25, -0.2) is 9.59 Å². The van der Waals surface area contributed by atoms with Crippen molar-refractivity contribution in [3.05, 3.63) is 24.3 Å². The number of piperidine rings is 1. The van der Waals surface area contributed by atoms with E-state index in [1.807, 2.05) is 0 Å². The Kier molecular flexibility index (Phi) is 6.16. The van der Waals surface area contributed by atoms with Gasteiger partial charge < -0.3 is 25.0 Å². The number of carbonyl (C=O) groups is 2. The van der Waals surface area contributed by atoms with Crippen molar-refractivity contribution in [3.8, 4) is 5.75 Å². The monoisotopic (exact) mass is 343 g/mol. The van der Waals surface area contributed by atoms with E-state index in [1.54, 1.807) is 0 Å². The summed E-state index contributed by atoms with van der Waals surface area (Å²) in [6, 6.07) is 4.97. The lowest BCUT2D eigenvalue weighted by molar-refractivity contribution is -0.0498. The van der Waals surface area contributed by atoms with Crippen molar-refractivity contribution in [2.45, 2.75) is 25.5 Å². The Balaban J connectivity index is 1.83. The fourth-order valence-corrected chi connectivity index (χ4v) is 2.46. The first-order chi connectivity index (χ1) is 11.5. The van der Waals surface area contributed by atoms with E-state index in [4.69, 9.17) is 0 Å². The second kappa shape index (κ2) is 8.32. The van der Waals surface area contributed by atoms with Crippen LogP contribution in [0.25, 0.3) is 0 Å². The molecule has 0 spiro atoms. The molecule has 1 heterocycles. The van der Waals surface area contributed by atoms with Gasteiger partial charge in [-0.15, -0.1) is 0 Å². The third-order valence-electron chi connectivity index (χ3n) is 3.53. The molecule has 1 aromatic rings. The molecule has 0 aliphatic carbocycles. The number of benzene rings is 1. The summed E-state index contributed by atoms with van der Waals surface area (Å²) in [6.45, 7) is -1.92. The molecule has 1 fully saturated rings. The van der Waals surface area contributed by atoms with Crippen LogP contribution in [0.3, 0.4) is 0 Å². The molecule has 7 nitrogen and oxygen atoms in total. The van der Waals surface area contributed by atoms with Crippen molar-refractivity contribution in [2.24, 2.45) is 0 Å². The van der Waals surface area contributed by atoms with Crippen LogP contribution < -0.4 is 15.4 Å². The zero-order valence-corrected chi connectivity index (χ0v) is 13.1. The molecule has 24 heavy (non-hydrogen) atoms. The van der Waals surface area contributed by atoms with Crippen LogP contribution in [0.4, 0.5) is 24.1 Å². The Hall–Kier alpha value is -2.58. The maximum atomic E-state index is 12.1. The molecule has 2 rings (SSSR count). The van der Waals surface area contributed by atoms with E-state index in [9.17, 15) is 18.4 Å². The van der Waals surface area contributed by atoms with Gasteiger partial charge in [0.2, 0.25) is 0 Å². The summed E-state index contributed by atoms with van der Waals surface area (Å²) >= 11 is 0. The molecule has 0 radical (unpaired) electrons. The third-order valence-corrected chi connectivity index (χ3v) is 3.53. The highest BCUT2D eigenvalue weighted by atomic mass is 19.3. The number of amides is 3. The first kappa shape index (κ1) is 17.8. The lowest BCUT2D eigenvalue weighted by Crippen LogP contribution is -2.50. The fourth-order valence-electron chi connectivity index (χ4n) is 2.46. The average Bonchev–Trinajstić information content (AvgIpc) is 2.55. The van der Waals surface area contributed by atoms with Crippen LogP contribution >= 0.6 is 0 Å². The van der Waals surface area contributed by atoms with Gasteiger partial charge in [-0.1, -0.05) is 0 Å². The number of ether oxygens (including phenoxy) is 2. The molecule has 1 aromatic carbocycles. The van der Waals surface area contributed by atoms with Gasteiger partial charge in [0.15, 0.2) is 0 Å². The third kappa shape index (κ3) is 5.25. The molecular weight excluding hydrogens is 324 g/mol. The van der Waals surface area contributed by atoms with E-state index >= 15 is 0 Å². The van der Waals surface area contributed by atoms with Crippen LogP contribution in [0.2, 0.25) is 0 Å². The summed E-state index contributed by atoms with van der Waals surface area (Å²) in [5.74, 6) is 0.0111. The summed E-state index contributed by atoms with van der Waals surface area (Å²) in [5.41, 5.74) is 0.440. The molecule has 1 aliphatic rings. The molecular formula is C15H19F2N3O4. The van der Waals surface area contributed by atoms with Crippen molar-refractivity contribution in [1.82, 2.24) is 10.2 Å². The summed E-state index contributed by atoms with van der Waals surface area (Å²) in [5, 5.41) is 5.37. The molecule has 1 atom stereocenters. The van der Waals surface area contributed by atoms with Gasteiger partial charge in [-0.2, -0.15) is 8.78 Å². The second-order valence-corrected chi connectivity index (χ2v) is 5.26. The Bertz CT molecular complexity index is 568. The van der Waals surface area contributed by atoms with Gasteiger partial charge in [0.1, 0.15) is 5.75 Å². The number of rotatable bonds is 4. The maximum Gasteiger partial charge on any atom is 0.409 e. The zero-order valence-electron chi connectivity index (χ0n) is 13.1. The molecule has 1 saturated heterocycles. The van der Waals surface area contributed by atoms with E-state index < -0.39 is 18.7 Å². The summed E-state index contributed by atoms with van der Waals surface area (Å²) in [7, 11) is 1.31. The standard InChI is InChI=1S/C15H19F2N3O4/c1-23-15(22)20-8-2-3-11(9-20)19-14(21)18-10-4-6-12(7-5-10)24-13(16)17/h4-7,11,13H,2-3,8-9H2,1H3,(H2,18,19,21)/t11-/m1/s1. The van der Waals surface area contributed by atoms with Crippen LogP contribution in [0.5, 0.6) is 5.75 Å². The number of anilines is 1. The molecule has 0 unspecified atom stereocenters. The number of carbonyl (C=O) groups excluding carboxylic acids is 2. The van der Waals surface area contributed by atoms with Crippen molar-refractivity contribution in [3.63, 3.8) is 0 Å². The number of hydrogen-bond donors (Lipinski definition) is 2. The predicted octanol–water partition coefficient (Wildman–Crippen LogP) is 2.64. The van der Waals surface area contributed by atoms with E-state index in [0.717, 1.165) is 12.8 Å². The van der Waals surface area contributed by atoms with Crippen molar-refractivity contribution in [1.29, 1.82) is 0 Å². The first-order valence-electron chi connectivity index (χ1n) is 7.43. The van der Waals surface area contributed by atoms with Crippen LogP contribution in [-0.2, 0) is 4.74 Å². The molecule has 9 heteroatoms. The number of nitrogens with one attached hydrogen (secondary N) is 2. The molecule has 0 bridgehead atoms. The lowest BCUT2D eigenvalue weighted by Gasteiger charge is -2.32. The van der Waals surface area contributed by atoms with E-state index in [0.29, 0.717) is 18.8 Å². The van der Waals surface area contributed by atoms with Crippen molar-refractivity contribution >= 4 is 17.8 Å². The summed E-state index contributed by atoms with van der Waals surface area (Å²) in [4.78, 5) is 25.0. The quantitative estimate of drug-likeness (QED) is 0.881. The highest BCUT2D eigenvalue weighted by Crippen LogP contribution is 2.18. The highest BCUT2D eigenvalue weighted by molar-refractivity contribution is 5.89. The number of hydrogen-bond acceptors (Lipinski definition) is 4. The molecule has 132 valence electrons. The predicted molar refractivity (Wildman–Crippen MR) is 82.2 cm³/mol. The van der Waals surface area contributed by atoms with Crippen LogP contribution in [0.1, 0.15) is 12.8 Å². The largest absolute Gasteiger partial charge is 0.453 e. The van der Waals surface area contributed by atoms with E-state index in [1.165, 1.54) is 36.3 Å². The molecule has 0 saturated carbocycles. The zero-order chi connectivity index (χ0) is 17.5. The van der Waals surface area contributed by atoms with Crippen LogP contribution in [0.15, 0.2) is 24.3 Å². The summed E-state index contributed by atoms with van der Waals surface area (Å²) in [6.07, 6.45) is 1.10. The van der Waals surface area contributed by atoms with Gasteiger partial charge in [0, 0.05) is 24.8 Å². The number of likely N-dealkylation sites (tertiary alicyclic amines) is 1. The lowest BCUT2D eigenvalue weighted by atomic mass is 10.1. The number of nitrogens with zero attached hydrogens (tertiary/aromatic N) is 1. The smallest absolute Gasteiger partial charge is 0.409 e. The highest BCUT2D eigenvalue weighted by Gasteiger charge is 2.25. The number of methoxy groups -OCH3 is 1. The van der Waals surface area contributed by atoms with Gasteiger partial charge >= 0.3 is 18.7 Å². The van der Waals surface area contributed by atoms with Gasteiger partial charge in [-0.05, 0) is 37.1 Å².